The van der Waals surface area contributed by atoms with Gasteiger partial charge in [-0.1, -0.05) is 77.9 Å². The van der Waals surface area contributed by atoms with Gasteiger partial charge in [0.2, 0.25) is 0 Å². The van der Waals surface area contributed by atoms with Crippen molar-refractivity contribution in [3.63, 3.8) is 0 Å². The lowest BCUT2D eigenvalue weighted by Crippen LogP contribution is -2.30. The van der Waals surface area contributed by atoms with E-state index in [1.54, 1.807) is 0 Å². The second-order valence-electron chi connectivity index (χ2n) is 9.47. The first-order valence-corrected chi connectivity index (χ1v) is 8.58. The molecule has 0 aliphatic rings. The smallest absolute Gasteiger partial charge is 0.0846 e. The molecule has 23 heavy (non-hydrogen) atoms. The van der Waals surface area contributed by atoms with Gasteiger partial charge in [0.15, 0.2) is 0 Å². The van der Waals surface area contributed by atoms with Crippen LogP contribution in [0.1, 0.15) is 72.4 Å². The average Bonchev–Trinajstić information content (AvgIpc) is 2.34. The molecule has 0 aromatic heterocycles. The summed E-state index contributed by atoms with van der Waals surface area (Å²) in [7, 11) is 0. The molecule has 2 aromatic rings. The number of hydrogen-bond donors (Lipinski definition) is 1. The fourth-order valence-corrected chi connectivity index (χ4v) is 4.34. The molecule has 126 valence electrons. The van der Waals surface area contributed by atoms with Crippen molar-refractivity contribution in [2.45, 2.75) is 66.9 Å². The van der Waals surface area contributed by atoms with Crippen LogP contribution < -0.4 is 0 Å². The van der Waals surface area contributed by atoms with Crippen molar-refractivity contribution >= 4 is 10.8 Å². The van der Waals surface area contributed by atoms with Gasteiger partial charge < -0.3 is 5.11 Å². The van der Waals surface area contributed by atoms with Crippen LogP contribution in [0.2, 0.25) is 0 Å². The number of rotatable bonds is 2. The van der Waals surface area contributed by atoms with Crippen LogP contribution in [0.4, 0.5) is 0 Å². The van der Waals surface area contributed by atoms with Crippen LogP contribution >= 0.6 is 0 Å². The van der Waals surface area contributed by atoms with Crippen LogP contribution in [0.25, 0.3) is 10.8 Å². The minimum absolute atomic E-state index is 0.164. The van der Waals surface area contributed by atoms with E-state index < -0.39 is 5.60 Å². The summed E-state index contributed by atoms with van der Waals surface area (Å²) in [6.07, 6.45) is 0. The third-order valence-corrected chi connectivity index (χ3v) is 4.66. The fourth-order valence-electron chi connectivity index (χ4n) is 4.34. The molecule has 0 amide bonds. The molecule has 2 rings (SSSR count). The van der Waals surface area contributed by atoms with E-state index in [2.05, 4.69) is 77.9 Å². The molecule has 2 aromatic carbocycles. The van der Waals surface area contributed by atoms with Crippen molar-refractivity contribution in [3.05, 3.63) is 47.5 Å². The lowest BCUT2D eigenvalue weighted by Gasteiger charge is -2.42. The Hall–Kier alpha value is -1.34. The highest BCUT2D eigenvalue weighted by Crippen LogP contribution is 2.49. The van der Waals surface area contributed by atoms with Gasteiger partial charge in [-0.15, -0.1) is 0 Å². The average molecular weight is 312 g/mol. The van der Waals surface area contributed by atoms with E-state index in [-0.39, 0.29) is 10.8 Å². The van der Waals surface area contributed by atoms with Crippen LogP contribution in [0.3, 0.4) is 0 Å². The highest BCUT2D eigenvalue weighted by Gasteiger charge is 2.37. The van der Waals surface area contributed by atoms with Crippen molar-refractivity contribution in [2.24, 2.45) is 10.8 Å². The van der Waals surface area contributed by atoms with Gasteiger partial charge in [-0.05, 0) is 52.5 Å². The Morgan fingerprint density at radius 1 is 0.696 bits per heavy atom. The molecule has 0 radical (unpaired) electrons. The second kappa shape index (κ2) is 5.63. The quantitative estimate of drug-likeness (QED) is 0.695. The van der Waals surface area contributed by atoms with Gasteiger partial charge >= 0.3 is 0 Å². The summed E-state index contributed by atoms with van der Waals surface area (Å²) in [5, 5.41) is 13.0. The number of aliphatic hydroxyl groups is 1. The Morgan fingerprint density at radius 2 is 1.17 bits per heavy atom. The number of hydrogen-bond acceptors (Lipinski definition) is 1. The van der Waals surface area contributed by atoms with Crippen molar-refractivity contribution in [1.82, 2.24) is 0 Å². The third kappa shape index (κ3) is 3.61. The van der Waals surface area contributed by atoms with Crippen molar-refractivity contribution in [1.29, 1.82) is 0 Å². The standard InChI is InChI=1S/C22H32O/c1-20(2,3)19(21(4,5)6)17-13-14-18(22(7,8)23)16-12-10-9-11-15(16)17/h9-14,19,23H,1-8H3. The topological polar surface area (TPSA) is 20.2 Å². The lowest BCUT2D eigenvalue weighted by molar-refractivity contribution is 0.0801. The molecule has 0 atom stereocenters. The second-order valence-corrected chi connectivity index (χ2v) is 9.47. The molecule has 0 bridgehead atoms. The summed E-state index contributed by atoms with van der Waals surface area (Å²) < 4.78 is 0. The maximum atomic E-state index is 10.5. The monoisotopic (exact) mass is 312 g/mol. The van der Waals surface area contributed by atoms with Crippen molar-refractivity contribution < 1.29 is 5.11 Å². The van der Waals surface area contributed by atoms with Crippen LogP contribution in [-0.2, 0) is 5.60 Å². The normalized spacial score (nSPS) is 13.8. The van der Waals surface area contributed by atoms with E-state index in [1.807, 2.05) is 13.8 Å². The molecular formula is C22H32O. The van der Waals surface area contributed by atoms with Gasteiger partial charge in [-0.25, -0.2) is 0 Å². The van der Waals surface area contributed by atoms with Gasteiger partial charge in [0.1, 0.15) is 0 Å². The molecule has 0 heterocycles. The Bertz CT molecular complexity index is 676. The molecule has 0 aliphatic heterocycles. The molecule has 1 nitrogen and oxygen atoms in total. The van der Waals surface area contributed by atoms with E-state index in [0.29, 0.717) is 5.92 Å². The first-order chi connectivity index (χ1) is 10.3. The molecule has 0 saturated carbocycles. The lowest BCUT2D eigenvalue weighted by atomic mass is 9.63. The zero-order valence-corrected chi connectivity index (χ0v) is 16.0. The molecule has 0 saturated heterocycles. The first kappa shape index (κ1) is 18.0. The minimum atomic E-state index is -0.836. The van der Waals surface area contributed by atoms with Gasteiger partial charge in [0.05, 0.1) is 5.60 Å². The summed E-state index contributed by atoms with van der Waals surface area (Å²) in [6, 6.07) is 12.8. The van der Waals surface area contributed by atoms with E-state index in [1.165, 1.54) is 10.9 Å². The van der Waals surface area contributed by atoms with E-state index in [0.717, 1.165) is 10.9 Å². The maximum Gasteiger partial charge on any atom is 0.0846 e. The van der Waals surface area contributed by atoms with Crippen molar-refractivity contribution in [2.75, 3.05) is 0 Å². The van der Waals surface area contributed by atoms with E-state index in [4.69, 9.17) is 0 Å². The van der Waals surface area contributed by atoms with Crippen LogP contribution in [-0.4, -0.2) is 5.11 Å². The molecule has 1 N–H and O–H groups in total. The molecule has 1 heteroatoms. The highest BCUT2D eigenvalue weighted by atomic mass is 16.3. The fraction of sp³-hybridized carbons (Fsp3) is 0.545. The molecule has 0 unspecified atom stereocenters. The first-order valence-electron chi connectivity index (χ1n) is 8.58. The Morgan fingerprint density at radius 3 is 1.61 bits per heavy atom. The number of benzene rings is 2. The summed E-state index contributed by atoms with van der Waals surface area (Å²) in [6.45, 7) is 17.6. The van der Waals surface area contributed by atoms with Crippen LogP contribution in [0, 0.1) is 10.8 Å². The predicted octanol–water partition coefficient (Wildman–Crippen LogP) is 6.24. The molecule has 0 aliphatic carbocycles. The largest absolute Gasteiger partial charge is 0.386 e. The summed E-state index contributed by atoms with van der Waals surface area (Å²) in [5.41, 5.74) is 1.87. The van der Waals surface area contributed by atoms with Crippen molar-refractivity contribution in [3.8, 4) is 0 Å². The summed E-state index contributed by atoms with van der Waals surface area (Å²) in [4.78, 5) is 0. The SMILES string of the molecule is CC(C)(O)c1ccc(C(C(C)(C)C)C(C)(C)C)c2ccccc12. The maximum absolute atomic E-state index is 10.5. The van der Waals surface area contributed by atoms with E-state index >= 15 is 0 Å². The Labute approximate surface area is 141 Å². The van der Waals surface area contributed by atoms with Crippen LogP contribution in [0.5, 0.6) is 0 Å². The van der Waals surface area contributed by atoms with Gasteiger partial charge in [-0.2, -0.15) is 0 Å². The Kier molecular flexibility index (Phi) is 4.41. The zero-order valence-electron chi connectivity index (χ0n) is 16.0. The number of fused-ring (bicyclic) bond motifs is 1. The summed E-state index contributed by atoms with van der Waals surface area (Å²) in [5.74, 6) is 0.427. The Balaban J connectivity index is 2.82. The zero-order chi connectivity index (χ0) is 17.6. The van der Waals surface area contributed by atoms with Gasteiger partial charge in [0.25, 0.3) is 0 Å². The summed E-state index contributed by atoms with van der Waals surface area (Å²) >= 11 is 0. The van der Waals surface area contributed by atoms with Gasteiger partial charge in [0, 0.05) is 0 Å². The highest BCUT2D eigenvalue weighted by molar-refractivity contribution is 5.90. The molecule has 0 spiro atoms. The molecular weight excluding hydrogens is 280 g/mol. The van der Waals surface area contributed by atoms with E-state index in [9.17, 15) is 5.11 Å². The van der Waals surface area contributed by atoms with Gasteiger partial charge in [-0.3, -0.25) is 0 Å². The van der Waals surface area contributed by atoms with Crippen LogP contribution in [0.15, 0.2) is 36.4 Å². The minimum Gasteiger partial charge on any atom is -0.386 e. The predicted molar refractivity (Wildman–Crippen MR) is 101 cm³/mol. The molecule has 0 fully saturated rings. The third-order valence-electron chi connectivity index (χ3n) is 4.66.